The number of fused-ring (bicyclic) bond motifs is 2. The Morgan fingerprint density at radius 1 is 0.967 bits per heavy atom. The Bertz CT molecular complexity index is 1380. The van der Waals surface area contributed by atoms with Gasteiger partial charge in [-0.2, -0.15) is 0 Å². The monoisotopic (exact) mass is 418 g/mol. The Hall–Kier alpha value is -3.65. The molecular weight excluding hydrogens is 400 g/mol. The van der Waals surface area contributed by atoms with Gasteiger partial charge in [-0.3, -0.25) is 14.5 Å². The van der Waals surface area contributed by atoms with Gasteiger partial charge in [-0.1, -0.05) is 36.4 Å². The van der Waals surface area contributed by atoms with Crippen LogP contribution in [0.3, 0.4) is 0 Å². The van der Waals surface area contributed by atoms with Crippen molar-refractivity contribution in [2.75, 3.05) is 16.3 Å². The second-order valence-corrected chi connectivity index (χ2v) is 8.89. The second kappa shape index (κ2) is 7.00. The number of hydrogen-bond acceptors (Lipinski definition) is 4. The fourth-order valence-corrected chi connectivity index (χ4v) is 5.25. The first-order valence-corrected chi connectivity index (χ1v) is 10.9. The fraction of sp³-hybridized carbons (Fsp3) is 0.0909. The lowest BCUT2D eigenvalue weighted by Crippen LogP contribution is -2.29. The van der Waals surface area contributed by atoms with E-state index in [4.69, 9.17) is 0 Å². The van der Waals surface area contributed by atoms with Crippen LogP contribution in [-0.2, 0) is 16.4 Å². The lowest BCUT2D eigenvalue weighted by Gasteiger charge is -2.20. The lowest BCUT2D eigenvalue weighted by molar-refractivity contribution is 0.101. The van der Waals surface area contributed by atoms with Crippen LogP contribution in [0, 0.1) is 0 Å². The van der Waals surface area contributed by atoms with E-state index in [2.05, 4.69) is 10.4 Å². The number of nitrogens with one attached hydrogen (secondary N) is 1. The lowest BCUT2D eigenvalue weighted by atomic mass is 10.2. The molecule has 1 amide bonds. The predicted octanol–water partition coefficient (Wildman–Crippen LogP) is 3.17. The highest BCUT2D eigenvalue weighted by Gasteiger charge is 2.31. The Labute approximate surface area is 173 Å². The maximum absolute atomic E-state index is 13.2. The van der Waals surface area contributed by atoms with Crippen molar-refractivity contribution in [1.82, 2.24) is 9.66 Å². The Kier molecular flexibility index (Phi) is 4.29. The molecule has 3 aromatic carbocycles. The van der Waals surface area contributed by atoms with Crippen LogP contribution < -0.4 is 9.73 Å². The van der Waals surface area contributed by atoms with Gasteiger partial charge in [0.15, 0.2) is 0 Å². The quantitative estimate of drug-likeness (QED) is 0.552. The normalized spacial score (nSPS) is 13.4. The molecule has 0 bridgehead atoms. The van der Waals surface area contributed by atoms with Gasteiger partial charge < -0.3 is 0 Å². The van der Waals surface area contributed by atoms with E-state index in [1.54, 1.807) is 18.2 Å². The van der Waals surface area contributed by atoms with Gasteiger partial charge in [-0.15, -0.1) is 0 Å². The van der Waals surface area contributed by atoms with Gasteiger partial charge in [0.1, 0.15) is 6.33 Å². The van der Waals surface area contributed by atoms with Crippen molar-refractivity contribution < 1.29 is 13.2 Å². The number of amides is 1. The number of rotatable bonds is 4. The topological polar surface area (TPSA) is 84.3 Å². The average Bonchev–Trinajstić information content (AvgIpc) is 3.39. The molecule has 0 atom stereocenters. The summed E-state index contributed by atoms with van der Waals surface area (Å²) in [5, 5.41) is 0. The first kappa shape index (κ1) is 18.4. The minimum absolute atomic E-state index is 0.0855. The molecular formula is C22H18N4O3S. The molecule has 1 aliphatic heterocycles. The Balaban J connectivity index is 1.45. The Morgan fingerprint density at radius 2 is 1.77 bits per heavy atom. The van der Waals surface area contributed by atoms with Crippen molar-refractivity contribution in [2.45, 2.75) is 11.3 Å². The molecule has 7 nitrogen and oxygen atoms in total. The Morgan fingerprint density at radius 3 is 2.67 bits per heavy atom. The second-order valence-electron chi connectivity index (χ2n) is 7.03. The van der Waals surface area contributed by atoms with Gasteiger partial charge in [0.05, 0.1) is 21.6 Å². The van der Waals surface area contributed by atoms with Gasteiger partial charge in [0.25, 0.3) is 15.9 Å². The number of sulfonamides is 1. The van der Waals surface area contributed by atoms with Crippen molar-refractivity contribution in [3.05, 3.63) is 90.3 Å². The van der Waals surface area contributed by atoms with Gasteiger partial charge in [-0.25, -0.2) is 18.1 Å². The molecule has 5 rings (SSSR count). The summed E-state index contributed by atoms with van der Waals surface area (Å²) in [6.07, 6.45) is 2.19. The summed E-state index contributed by atoms with van der Waals surface area (Å²) >= 11 is 0. The van der Waals surface area contributed by atoms with Crippen molar-refractivity contribution in [1.29, 1.82) is 0 Å². The minimum Gasteiger partial charge on any atom is -0.267 e. The highest BCUT2D eigenvalue weighted by atomic mass is 32.2. The van der Waals surface area contributed by atoms with Gasteiger partial charge in [0.2, 0.25) is 0 Å². The third-order valence-corrected chi connectivity index (χ3v) is 7.01. The van der Waals surface area contributed by atoms with Crippen LogP contribution in [-0.4, -0.2) is 30.5 Å². The smallest absolute Gasteiger partial charge is 0.267 e. The van der Waals surface area contributed by atoms with Crippen LogP contribution in [0.25, 0.3) is 11.0 Å². The number of benzene rings is 3. The van der Waals surface area contributed by atoms with Crippen LogP contribution in [0.2, 0.25) is 0 Å². The van der Waals surface area contributed by atoms with E-state index < -0.39 is 15.9 Å². The molecule has 0 radical (unpaired) electrons. The summed E-state index contributed by atoms with van der Waals surface area (Å²) in [6, 6.07) is 21.0. The molecule has 0 fully saturated rings. The summed E-state index contributed by atoms with van der Waals surface area (Å²) in [6.45, 7) is 0.388. The first-order valence-electron chi connectivity index (χ1n) is 9.48. The number of carbonyl (C=O) groups is 1. The highest BCUT2D eigenvalue weighted by molar-refractivity contribution is 7.92. The van der Waals surface area contributed by atoms with Crippen molar-refractivity contribution in [3.63, 3.8) is 0 Å². The number of imidazole rings is 1. The molecule has 4 aromatic rings. The van der Waals surface area contributed by atoms with Gasteiger partial charge in [-0.05, 0) is 48.4 Å². The number of nitrogens with zero attached hydrogens (tertiary/aromatic N) is 3. The van der Waals surface area contributed by atoms with Gasteiger partial charge >= 0.3 is 0 Å². The van der Waals surface area contributed by atoms with Crippen molar-refractivity contribution in [3.8, 4) is 0 Å². The van der Waals surface area contributed by atoms with E-state index in [9.17, 15) is 13.2 Å². The van der Waals surface area contributed by atoms with Crippen LogP contribution in [0.5, 0.6) is 0 Å². The van der Waals surface area contributed by atoms with Crippen LogP contribution in [0.4, 0.5) is 5.69 Å². The molecule has 1 aromatic heterocycles. The summed E-state index contributed by atoms with van der Waals surface area (Å²) in [4.78, 5) is 17.1. The van der Waals surface area contributed by atoms with Crippen LogP contribution >= 0.6 is 0 Å². The summed E-state index contributed by atoms with van der Waals surface area (Å²) in [5.74, 6) is -0.419. The van der Waals surface area contributed by atoms with Crippen molar-refractivity contribution >= 4 is 32.7 Å². The summed E-state index contributed by atoms with van der Waals surface area (Å²) in [7, 11) is -3.77. The average molecular weight is 418 g/mol. The number of aromatic nitrogens is 2. The molecule has 30 heavy (non-hydrogen) atoms. The molecule has 0 unspecified atom stereocenters. The first-order chi connectivity index (χ1) is 14.5. The number of hydrogen-bond donors (Lipinski definition) is 1. The molecule has 1 N–H and O–H groups in total. The molecule has 150 valence electrons. The van der Waals surface area contributed by atoms with Crippen molar-refractivity contribution in [2.24, 2.45) is 0 Å². The molecule has 0 saturated carbocycles. The van der Waals surface area contributed by atoms with E-state index in [-0.39, 0.29) is 10.5 Å². The third-order valence-electron chi connectivity index (χ3n) is 5.20. The van der Waals surface area contributed by atoms with Gasteiger partial charge in [0, 0.05) is 12.1 Å². The summed E-state index contributed by atoms with van der Waals surface area (Å²) in [5.41, 5.74) is 6.20. The SMILES string of the molecule is O=C(Nn1cnc2ccccc21)c1cccc(S(=O)(=O)N2CCc3ccccc32)c1. The standard InChI is InChI=1S/C22H18N4O3S/c27-22(24-25-15-23-19-9-2-4-11-21(19)25)17-7-5-8-18(14-17)30(28,29)26-13-12-16-6-1-3-10-20(16)26/h1-11,14-15H,12-13H2,(H,24,27). The zero-order chi connectivity index (χ0) is 20.7. The zero-order valence-corrected chi connectivity index (χ0v) is 16.7. The molecule has 0 spiro atoms. The third kappa shape index (κ3) is 3.02. The van der Waals surface area contributed by atoms with E-state index in [1.165, 1.54) is 27.4 Å². The summed E-state index contributed by atoms with van der Waals surface area (Å²) < 4.78 is 29.4. The highest BCUT2D eigenvalue weighted by Crippen LogP contribution is 2.32. The predicted molar refractivity (Wildman–Crippen MR) is 115 cm³/mol. The number of para-hydroxylation sites is 3. The largest absolute Gasteiger partial charge is 0.270 e. The molecule has 0 saturated heterocycles. The number of anilines is 1. The van der Waals surface area contributed by atoms with E-state index in [0.29, 0.717) is 18.7 Å². The van der Waals surface area contributed by atoms with Crippen LogP contribution in [0.15, 0.2) is 84.0 Å². The minimum atomic E-state index is -3.77. The maximum Gasteiger partial charge on any atom is 0.270 e. The molecule has 1 aliphatic rings. The fourth-order valence-electron chi connectivity index (χ4n) is 3.70. The van der Waals surface area contributed by atoms with E-state index in [1.807, 2.05) is 42.5 Å². The maximum atomic E-state index is 13.2. The number of carbonyl (C=O) groups excluding carboxylic acids is 1. The van der Waals surface area contributed by atoms with E-state index in [0.717, 1.165) is 16.6 Å². The molecule has 0 aliphatic carbocycles. The zero-order valence-electron chi connectivity index (χ0n) is 15.9. The van der Waals surface area contributed by atoms with Crippen LogP contribution in [0.1, 0.15) is 15.9 Å². The molecule has 8 heteroatoms. The molecule has 2 heterocycles. The van der Waals surface area contributed by atoms with E-state index >= 15 is 0 Å².